The highest BCUT2D eigenvalue weighted by Crippen LogP contribution is 2.21. The molecule has 0 amide bonds. The van der Waals surface area contributed by atoms with Gasteiger partial charge in [-0.05, 0) is 35.0 Å². The van der Waals surface area contributed by atoms with E-state index in [1.165, 1.54) is 5.39 Å². The van der Waals surface area contributed by atoms with Crippen molar-refractivity contribution in [3.8, 4) is 17.1 Å². The number of nitrogens with zero attached hydrogens (tertiary/aromatic N) is 3. The number of pyridine rings is 1. The minimum atomic E-state index is 0.344. The van der Waals surface area contributed by atoms with Gasteiger partial charge < -0.3 is 4.74 Å². The predicted molar refractivity (Wildman–Crippen MR) is 87.9 cm³/mol. The molecular weight excluding hydrogens is 288 g/mol. The lowest BCUT2D eigenvalue weighted by molar-refractivity contribution is 0.297. The van der Waals surface area contributed by atoms with Gasteiger partial charge in [0.15, 0.2) is 11.6 Å². The smallest absolute Gasteiger partial charge is 0.181 e. The van der Waals surface area contributed by atoms with Gasteiger partial charge >= 0.3 is 0 Å². The van der Waals surface area contributed by atoms with Crippen molar-refractivity contribution >= 4 is 10.8 Å². The molecule has 0 bridgehead atoms. The maximum absolute atomic E-state index is 5.80. The molecule has 2 aromatic heterocycles. The molecule has 0 radical (unpaired) electrons. The Morgan fingerprint density at radius 3 is 2.61 bits per heavy atom. The second-order valence-corrected chi connectivity index (χ2v) is 5.14. The average Bonchev–Trinajstić information content (AvgIpc) is 3.10. The molecule has 0 aliphatic heterocycles. The topological polar surface area (TPSA) is 63.7 Å². The third-order valence-corrected chi connectivity index (χ3v) is 3.57. The summed E-state index contributed by atoms with van der Waals surface area (Å²) in [6.07, 6.45) is 3.44. The molecule has 0 aliphatic carbocycles. The SMILES string of the molecule is c1ccc2cc(OCc3nc(-c4ccncc4)n[nH]3)ccc2c1. The van der Waals surface area contributed by atoms with Gasteiger partial charge in [0.25, 0.3) is 0 Å². The molecule has 5 nitrogen and oxygen atoms in total. The number of rotatable bonds is 4. The van der Waals surface area contributed by atoms with Gasteiger partial charge in [0, 0.05) is 18.0 Å². The first-order valence-electron chi connectivity index (χ1n) is 7.32. The molecule has 4 rings (SSSR count). The highest BCUT2D eigenvalue weighted by molar-refractivity contribution is 5.83. The summed E-state index contributed by atoms with van der Waals surface area (Å²) in [5, 5.41) is 9.46. The quantitative estimate of drug-likeness (QED) is 0.625. The molecule has 0 fully saturated rings. The minimum Gasteiger partial charge on any atom is -0.486 e. The molecule has 2 heterocycles. The van der Waals surface area contributed by atoms with Crippen LogP contribution in [0.3, 0.4) is 0 Å². The van der Waals surface area contributed by atoms with E-state index in [1.807, 2.05) is 42.5 Å². The van der Waals surface area contributed by atoms with Crippen LogP contribution >= 0.6 is 0 Å². The first kappa shape index (κ1) is 13.5. The van der Waals surface area contributed by atoms with Gasteiger partial charge in [0.2, 0.25) is 0 Å². The van der Waals surface area contributed by atoms with E-state index >= 15 is 0 Å². The number of nitrogens with one attached hydrogen (secondary N) is 1. The minimum absolute atomic E-state index is 0.344. The van der Waals surface area contributed by atoms with Crippen LogP contribution in [0.5, 0.6) is 5.75 Å². The van der Waals surface area contributed by atoms with E-state index in [1.54, 1.807) is 12.4 Å². The Bertz CT molecular complexity index is 934. The molecule has 0 aliphatic rings. The van der Waals surface area contributed by atoms with E-state index < -0.39 is 0 Å². The van der Waals surface area contributed by atoms with Gasteiger partial charge in [0.05, 0.1) is 0 Å². The summed E-state index contributed by atoms with van der Waals surface area (Å²) in [4.78, 5) is 8.43. The second-order valence-electron chi connectivity index (χ2n) is 5.14. The van der Waals surface area contributed by atoms with Crippen LogP contribution in [0, 0.1) is 0 Å². The van der Waals surface area contributed by atoms with Crippen LogP contribution in [0.15, 0.2) is 67.0 Å². The Morgan fingerprint density at radius 2 is 1.74 bits per heavy atom. The third-order valence-electron chi connectivity index (χ3n) is 3.57. The average molecular weight is 302 g/mol. The van der Waals surface area contributed by atoms with Gasteiger partial charge in [-0.25, -0.2) is 4.98 Å². The molecular formula is C18H14N4O. The first-order valence-corrected chi connectivity index (χ1v) is 7.32. The van der Waals surface area contributed by atoms with Crippen molar-refractivity contribution in [1.29, 1.82) is 0 Å². The largest absolute Gasteiger partial charge is 0.486 e. The monoisotopic (exact) mass is 302 g/mol. The van der Waals surface area contributed by atoms with Crippen LogP contribution in [-0.2, 0) is 6.61 Å². The lowest BCUT2D eigenvalue weighted by Gasteiger charge is -2.05. The van der Waals surface area contributed by atoms with Crippen LogP contribution < -0.4 is 4.74 Å². The van der Waals surface area contributed by atoms with Crippen molar-refractivity contribution < 1.29 is 4.74 Å². The lowest BCUT2D eigenvalue weighted by atomic mass is 10.1. The zero-order chi connectivity index (χ0) is 15.5. The summed E-state index contributed by atoms with van der Waals surface area (Å²) in [6.45, 7) is 0.344. The van der Waals surface area contributed by atoms with E-state index in [-0.39, 0.29) is 0 Å². The number of hydrogen-bond donors (Lipinski definition) is 1. The number of fused-ring (bicyclic) bond motifs is 1. The zero-order valence-corrected chi connectivity index (χ0v) is 12.3. The summed E-state index contributed by atoms with van der Waals surface area (Å²) in [6, 6.07) is 18.0. The molecule has 4 aromatic rings. The zero-order valence-electron chi connectivity index (χ0n) is 12.3. The highest BCUT2D eigenvalue weighted by Gasteiger charge is 2.06. The Kier molecular flexibility index (Phi) is 3.44. The van der Waals surface area contributed by atoms with Gasteiger partial charge in [-0.2, -0.15) is 5.10 Å². The summed E-state index contributed by atoms with van der Waals surface area (Å²) >= 11 is 0. The van der Waals surface area contributed by atoms with Crippen LogP contribution in [0.1, 0.15) is 5.82 Å². The molecule has 0 atom stereocenters. The molecule has 5 heteroatoms. The van der Waals surface area contributed by atoms with Gasteiger partial charge in [-0.3, -0.25) is 10.1 Å². The maximum atomic E-state index is 5.80. The van der Waals surface area contributed by atoms with E-state index in [4.69, 9.17) is 4.74 Å². The molecule has 0 unspecified atom stereocenters. The molecule has 0 spiro atoms. The van der Waals surface area contributed by atoms with Crippen LogP contribution in [-0.4, -0.2) is 20.2 Å². The van der Waals surface area contributed by atoms with E-state index in [0.717, 1.165) is 16.7 Å². The maximum Gasteiger partial charge on any atom is 0.181 e. The standard InChI is InChI=1S/C18H14N4O/c1-2-4-15-11-16(6-5-13(15)3-1)23-12-17-20-18(22-21-17)14-7-9-19-10-8-14/h1-11H,12H2,(H,20,21,22). The lowest BCUT2D eigenvalue weighted by Crippen LogP contribution is -1.97. The Morgan fingerprint density at radius 1 is 0.913 bits per heavy atom. The number of benzene rings is 2. The fourth-order valence-corrected chi connectivity index (χ4v) is 2.40. The van der Waals surface area contributed by atoms with Crippen molar-refractivity contribution in [2.24, 2.45) is 0 Å². The summed E-state index contributed by atoms with van der Waals surface area (Å²) in [5.41, 5.74) is 0.924. The van der Waals surface area contributed by atoms with Gasteiger partial charge in [0.1, 0.15) is 12.4 Å². The molecule has 0 saturated carbocycles. The van der Waals surface area contributed by atoms with Gasteiger partial charge in [-0.15, -0.1) is 0 Å². The number of ether oxygens (including phenoxy) is 1. The number of aromatic amines is 1. The second kappa shape index (κ2) is 5.88. The van der Waals surface area contributed by atoms with E-state index in [9.17, 15) is 0 Å². The van der Waals surface area contributed by atoms with Crippen LogP contribution in [0.4, 0.5) is 0 Å². The third kappa shape index (κ3) is 2.89. The highest BCUT2D eigenvalue weighted by atomic mass is 16.5. The fraction of sp³-hybridized carbons (Fsp3) is 0.0556. The Balaban J connectivity index is 1.49. The fourth-order valence-electron chi connectivity index (χ4n) is 2.40. The van der Waals surface area contributed by atoms with Crippen LogP contribution in [0.2, 0.25) is 0 Å². The molecule has 23 heavy (non-hydrogen) atoms. The Hall–Kier alpha value is -3.21. The Labute approximate surface area is 133 Å². The van der Waals surface area contributed by atoms with E-state index in [0.29, 0.717) is 18.3 Å². The van der Waals surface area contributed by atoms with Crippen molar-refractivity contribution in [2.75, 3.05) is 0 Å². The van der Waals surface area contributed by atoms with Crippen molar-refractivity contribution in [3.63, 3.8) is 0 Å². The molecule has 1 N–H and O–H groups in total. The summed E-state index contributed by atoms with van der Waals surface area (Å²) in [7, 11) is 0. The van der Waals surface area contributed by atoms with E-state index in [2.05, 4.69) is 32.3 Å². The van der Waals surface area contributed by atoms with Crippen molar-refractivity contribution in [1.82, 2.24) is 20.2 Å². The number of aromatic nitrogens is 4. The normalized spacial score (nSPS) is 10.8. The van der Waals surface area contributed by atoms with Gasteiger partial charge in [-0.1, -0.05) is 30.3 Å². The van der Waals surface area contributed by atoms with Crippen molar-refractivity contribution in [3.05, 3.63) is 72.8 Å². The van der Waals surface area contributed by atoms with Crippen molar-refractivity contribution in [2.45, 2.75) is 6.61 Å². The number of hydrogen-bond acceptors (Lipinski definition) is 4. The number of H-pyrrole nitrogens is 1. The summed E-state index contributed by atoms with van der Waals surface area (Å²) in [5.74, 6) is 2.14. The molecule has 2 aromatic carbocycles. The summed E-state index contributed by atoms with van der Waals surface area (Å²) < 4.78 is 5.80. The first-order chi connectivity index (χ1) is 11.4. The molecule has 112 valence electrons. The van der Waals surface area contributed by atoms with Crippen LogP contribution in [0.25, 0.3) is 22.2 Å². The predicted octanol–water partition coefficient (Wildman–Crippen LogP) is 3.60. The molecule has 0 saturated heterocycles.